The van der Waals surface area contributed by atoms with Crippen LogP contribution in [0.5, 0.6) is 0 Å². The minimum atomic E-state index is -0.316. The number of carbonyl (C=O) groups excluding carboxylic acids is 1. The molecule has 1 amide bonds. The maximum Gasteiger partial charge on any atom is 0.270 e. The van der Waals surface area contributed by atoms with Gasteiger partial charge in [0.2, 0.25) is 0 Å². The maximum atomic E-state index is 13.1. The zero-order valence-electron chi connectivity index (χ0n) is 12.1. The van der Waals surface area contributed by atoms with E-state index in [-0.39, 0.29) is 17.8 Å². The molecule has 2 aromatic rings. The van der Waals surface area contributed by atoms with Crippen molar-refractivity contribution in [3.05, 3.63) is 54.1 Å². The fourth-order valence-electron chi connectivity index (χ4n) is 1.77. The molecular weight excluding hydrogens is 269 g/mol. The molecule has 1 atom stereocenters. The highest BCUT2D eigenvalue weighted by atomic mass is 19.1. The van der Waals surface area contributed by atoms with Crippen LogP contribution in [0.15, 0.2) is 42.6 Å². The van der Waals surface area contributed by atoms with Crippen molar-refractivity contribution in [2.45, 2.75) is 26.3 Å². The van der Waals surface area contributed by atoms with Crippen LogP contribution in [0.4, 0.5) is 15.8 Å². The zero-order valence-corrected chi connectivity index (χ0v) is 12.1. The van der Waals surface area contributed by atoms with Gasteiger partial charge in [-0.15, -0.1) is 0 Å². The predicted octanol–water partition coefficient (Wildman–Crippen LogP) is 3.49. The molecule has 110 valence electrons. The first-order chi connectivity index (χ1) is 10.1. The lowest BCUT2D eigenvalue weighted by Crippen LogP contribution is -2.32. The van der Waals surface area contributed by atoms with Crippen LogP contribution >= 0.6 is 0 Å². The van der Waals surface area contributed by atoms with E-state index in [1.807, 2.05) is 13.8 Å². The average Bonchev–Trinajstić information content (AvgIpc) is 2.47. The summed E-state index contributed by atoms with van der Waals surface area (Å²) >= 11 is 0. The van der Waals surface area contributed by atoms with Gasteiger partial charge in [0.05, 0.1) is 0 Å². The molecule has 1 heterocycles. The molecule has 0 radical (unpaired) electrons. The van der Waals surface area contributed by atoms with E-state index in [4.69, 9.17) is 0 Å². The smallest absolute Gasteiger partial charge is 0.270 e. The van der Waals surface area contributed by atoms with Crippen molar-refractivity contribution >= 4 is 17.3 Å². The topological polar surface area (TPSA) is 54.0 Å². The van der Waals surface area contributed by atoms with Crippen molar-refractivity contribution in [3.63, 3.8) is 0 Å². The summed E-state index contributed by atoms with van der Waals surface area (Å²) in [6, 6.07) is 9.60. The van der Waals surface area contributed by atoms with Gasteiger partial charge >= 0.3 is 0 Å². The predicted molar refractivity (Wildman–Crippen MR) is 81.1 cm³/mol. The number of nitrogens with one attached hydrogen (secondary N) is 2. The largest absolute Gasteiger partial charge is 0.355 e. The Morgan fingerprint density at radius 3 is 2.76 bits per heavy atom. The van der Waals surface area contributed by atoms with Crippen LogP contribution in [0.25, 0.3) is 0 Å². The number of benzene rings is 1. The SMILES string of the molecule is CCC(C)NC(=O)c1cc(Nc2cccc(F)c2)ccn1. The summed E-state index contributed by atoms with van der Waals surface area (Å²) in [7, 11) is 0. The molecule has 0 aliphatic rings. The van der Waals surface area contributed by atoms with Gasteiger partial charge in [-0.1, -0.05) is 13.0 Å². The number of amides is 1. The first-order valence-electron chi connectivity index (χ1n) is 6.88. The second-order valence-electron chi connectivity index (χ2n) is 4.85. The number of hydrogen-bond acceptors (Lipinski definition) is 3. The van der Waals surface area contributed by atoms with Gasteiger partial charge in [0, 0.05) is 23.6 Å². The highest BCUT2D eigenvalue weighted by molar-refractivity contribution is 5.93. The molecule has 0 fully saturated rings. The van der Waals surface area contributed by atoms with Crippen LogP contribution in [-0.4, -0.2) is 16.9 Å². The molecule has 1 aromatic heterocycles. The van der Waals surface area contributed by atoms with Gasteiger partial charge in [-0.05, 0) is 43.7 Å². The lowest BCUT2D eigenvalue weighted by Gasteiger charge is -2.12. The Bertz CT molecular complexity index is 630. The number of nitrogens with zero attached hydrogens (tertiary/aromatic N) is 1. The van der Waals surface area contributed by atoms with Gasteiger partial charge in [-0.3, -0.25) is 9.78 Å². The summed E-state index contributed by atoms with van der Waals surface area (Å²) in [6.07, 6.45) is 2.40. The summed E-state index contributed by atoms with van der Waals surface area (Å²) in [5.74, 6) is -0.531. The fourth-order valence-corrected chi connectivity index (χ4v) is 1.77. The number of pyridine rings is 1. The highest BCUT2D eigenvalue weighted by Gasteiger charge is 2.10. The average molecular weight is 287 g/mol. The van der Waals surface area contributed by atoms with E-state index >= 15 is 0 Å². The molecule has 1 aromatic carbocycles. The second-order valence-corrected chi connectivity index (χ2v) is 4.85. The first-order valence-corrected chi connectivity index (χ1v) is 6.88. The third-order valence-corrected chi connectivity index (χ3v) is 3.10. The minimum Gasteiger partial charge on any atom is -0.355 e. The summed E-state index contributed by atoms with van der Waals surface area (Å²) in [5.41, 5.74) is 1.64. The fraction of sp³-hybridized carbons (Fsp3) is 0.250. The standard InChI is InChI=1S/C16H18FN3O/c1-3-11(2)19-16(21)15-10-14(7-8-18-15)20-13-6-4-5-12(17)9-13/h4-11H,3H2,1-2H3,(H,18,20)(H,19,21). The maximum absolute atomic E-state index is 13.1. The number of halogens is 1. The third-order valence-electron chi connectivity index (χ3n) is 3.10. The van der Waals surface area contributed by atoms with Crippen LogP contribution in [0.2, 0.25) is 0 Å². The van der Waals surface area contributed by atoms with Crippen LogP contribution in [0.3, 0.4) is 0 Å². The molecular formula is C16H18FN3O. The Balaban J connectivity index is 2.12. The zero-order chi connectivity index (χ0) is 15.2. The van der Waals surface area contributed by atoms with Crippen molar-refractivity contribution in [1.29, 1.82) is 0 Å². The van der Waals surface area contributed by atoms with Gasteiger partial charge in [-0.25, -0.2) is 4.39 Å². The van der Waals surface area contributed by atoms with Gasteiger partial charge in [0.15, 0.2) is 0 Å². The van der Waals surface area contributed by atoms with Crippen molar-refractivity contribution in [2.24, 2.45) is 0 Å². The molecule has 5 heteroatoms. The van der Waals surface area contributed by atoms with Crippen molar-refractivity contribution in [2.75, 3.05) is 5.32 Å². The van der Waals surface area contributed by atoms with Gasteiger partial charge in [0.1, 0.15) is 11.5 Å². The first kappa shape index (κ1) is 15.0. The molecule has 0 aliphatic heterocycles. The number of hydrogen-bond donors (Lipinski definition) is 2. The lowest BCUT2D eigenvalue weighted by atomic mass is 10.2. The molecule has 0 saturated heterocycles. The van der Waals surface area contributed by atoms with Crippen molar-refractivity contribution in [1.82, 2.24) is 10.3 Å². The van der Waals surface area contributed by atoms with Crippen molar-refractivity contribution in [3.8, 4) is 0 Å². The number of aromatic nitrogens is 1. The lowest BCUT2D eigenvalue weighted by molar-refractivity contribution is 0.0934. The van der Waals surface area contributed by atoms with Crippen LogP contribution in [-0.2, 0) is 0 Å². The number of carbonyl (C=O) groups is 1. The Hall–Kier alpha value is -2.43. The summed E-state index contributed by atoms with van der Waals surface area (Å²) in [6.45, 7) is 3.94. The molecule has 1 unspecified atom stereocenters. The quantitative estimate of drug-likeness (QED) is 0.885. The third kappa shape index (κ3) is 4.27. The summed E-state index contributed by atoms with van der Waals surface area (Å²) < 4.78 is 13.1. The summed E-state index contributed by atoms with van der Waals surface area (Å²) in [5, 5.41) is 5.90. The molecule has 0 bridgehead atoms. The van der Waals surface area contributed by atoms with Crippen molar-refractivity contribution < 1.29 is 9.18 Å². The van der Waals surface area contributed by atoms with E-state index < -0.39 is 0 Å². The monoisotopic (exact) mass is 287 g/mol. The molecule has 0 spiro atoms. The Labute approximate surface area is 123 Å². The van der Waals surface area contributed by atoms with E-state index in [1.54, 1.807) is 30.5 Å². The van der Waals surface area contributed by atoms with Crippen LogP contribution in [0, 0.1) is 5.82 Å². The van der Waals surface area contributed by atoms with E-state index in [9.17, 15) is 9.18 Å². The van der Waals surface area contributed by atoms with Gasteiger partial charge in [-0.2, -0.15) is 0 Å². The Morgan fingerprint density at radius 1 is 1.29 bits per heavy atom. The van der Waals surface area contributed by atoms with Crippen LogP contribution < -0.4 is 10.6 Å². The minimum absolute atomic E-state index is 0.0964. The number of anilines is 2. The van der Waals surface area contributed by atoms with E-state index in [2.05, 4.69) is 15.6 Å². The van der Waals surface area contributed by atoms with E-state index in [0.29, 0.717) is 17.1 Å². The van der Waals surface area contributed by atoms with Gasteiger partial charge < -0.3 is 10.6 Å². The number of rotatable bonds is 5. The second kappa shape index (κ2) is 6.83. The van der Waals surface area contributed by atoms with E-state index in [1.165, 1.54) is 12.1 Å². The van der Waals surface area contributed by atoms with E-state index in [0.717, 1.165) is 6.42 Å². The molecule has 0 saturated carbocycles. The molecule has 2 rings (SSSR count). The highest BCUT2D eigenvalue weighted by Crippen LogP contribution is 2.17. The van der Waals surface area contributed by atoms with Gasteiger partial charge in [0.25, 0.3) is 5.91 Å². The molecule has 2 N–H and O–H groups in total. The molecule has 21 heavy (non-hydrogen) atoms. The molecule has 4 nitrogen and oxygen atoms in total. The summed E-state index contributed by atoms with van der Waals surface area (Å²) in [4.78, 5) is 16.1. The Morgan fingerprint density at radius 2 is 2.05 bits per heavy atom. The van der Waals surface area contributed by atoms with Crippen LogP contribution in [0.1, 0.15) is 30.8 Å². The molecule has 0 aliphatic carbocycles. The normalized spacial score (nSPS) is 11.8. The Kier molecular flexibility index (Phi) is 4.87.